The number of hydrogen-bond acceptors (Lipinski definition) is 8. The van der Waals surface area contributed by atoms with Crippen LogP contribution in [0.2, 0.25) is 0 Å². The molecule has 0 spiro atoms. The molecule has 2 aromatic carbocycles. The summed E-state index contributed by atoms with van der Waals surface area (Å²) < 4.78 is 15.5. The second-order valence-corrected chi connectivity index (χ2v) is 10.8. The summed E-state index contributed by atoms with van der Waals surface area (Å²) in [6, 6.07) is 16.6. The predicted molar refractivity (Wildman–Crippen MR) is 145 cm³/mol. The standard InChI is InChI=1S/C30H27N5O5/c1-16-18-9-11-23(32-26(18)34(3)33-16)39-13-12-30-14-22(36)29(2,40-30)24-25(30)28(38)35(27(24)37)21-10-8-17(15-31)19-6-4-5-7-20(19)21/h4-11,22,36-38H,12-14H2,1-3H3/t22-,29-,30+/m0/s1. The van der Waals surface area contributed by atoms with E-state index in [0.29, 0.717) is 51.1 Å². The lowest BCUT2D eigenvalue weighted by atomic mass is 9.76. The van der Waals surface area contributed by atoms with Crippen molar-refractivity contribution in [3.05, 3.63) is 70.9 Å². The van der Waals surface area contributed by atoms with E-state index in [4.69, 9.17) is 9.47 Å². The van der Waals surface area contributed by atoms with E-state index >= 15 is 0 Å². The van der Waals surface area contributed by atoms with Gasteiger partial charge in [-0.05, 0) is 32.0 Å². The lowest BCUT2D eigenvalue weighted by molar-refractivity contribution is -0.107. The fraction of sp³-hybridized carbons (Fsp3) is 0.300. The number of fused-ring (bicyclic) bond motifs is 7. The molecule has 40 heavy (non-hydrogen) atoms. The molecule has 1 fully saturated rings. The summed E-state index contributed by atoms with van der Waals surface area (Å²) in [5, 5.41) is 50.6. The van der Waals surface area contributed by atoms with E-state index in [1.54, 1.807) is 29.8 Å². The number of aromatic hydroxyl groups is 2. The molecule has 0 amide bonds. The van der Waals surface area contributed by atoms with Crippen LogP contribution in [0.25, 0.3) is 27.5 Å². The van der Waals surface area contributed by atoms with Crippen molar-refractivity contribution in [2.45, 2.75) is 44.0 Å². The maximum atomic E-state index is 11.6. The van der Waals surface area contributed by atoms with Crippen molar-refractivity contribution < 1.29 is 24.8 Å². The molecule has 0 unspecified atom stereocenters. The predicted octanol–water partition coefficient (Wildman–Crippen LogP) is 4.18. The van der Waals surface area contributed by atoms with E-state index < -0.39 is 17.3 Å². The van der Waals surface area contributed by atoms with Crippen LogP contribution in [0.3, 0.4) is 0 Å². The number of pyridine rings is 1. The molecule has 0 radical (unpaired) electrons. The normalized spacial score (nSPS) is 23.1. The van der Waals surface area contributed by atoms with Gasteiger partial charge >= 0.3 is 0 Å². The van der Waals surface area contributed by atoms with E-state index in [1.807, 2.05) is 44.3 Å². The maximum Gasteiger partial charge on any atom is 0.215 e. The average Bonchev–Trinajstić information content (AvgIpc) is 3.57. The minimum atomic E-state index is -1.21. The number of hydrogen-bond donors (Lipinski definition) is 3. The van der Waals surface area contributed by atoms with Crippen molar-refractivity contribution >= 4 is 21.8 Å². The summed E-state index contributed by atoms with van der Waals surface area (Å²) >= 11 is 0. The first kappa shape index (κ1) is 24.5. The Morgan fingerprint density at radius 3 is 2.60 bits per heavy atom. The van der Waals surface area contributed by atoms with Gasteiger partial charge in [0.25, 0.3) is 0 Å². The number of benzene rings is 2. The van der Waals surface area contributed by atoms with Crippen molar-refractivity contribution in [1.29, 1.82) is 5.26 Å². The van der Waals surface area contributed by atoms with Crippen LogP contribution < -0.4 is 4.74 Å². The Labute approximate surface area is 229 Å². The number of aliphatic hydroxyl groups excluding tert-OH is 1. The molecule has 0 aliphatic carbocycles. The number of aryl methyl sites for hydroxylation is 2. The number of nitriles is 1. The molecule has 202 valence electrons. The van der Waals surface area contributed by atoms with Crippen molar-refractivity contribution in [2.24, 2.45) is 7.05 Å². The summed E-state index contributed by atoms with van der Waals surface area (Å²) in [5.74, 6) is 0.0631. The molecule has 5 aromatic rings. The first-order valence-corrected chi connectivity index (χ1v) is 13.1. The Kier molecular flexibility index (Phi) is 5.02. The summed E-state index contributed by atoms with van der Waals surface area (Å²) in [7, 11) is 1.83. The number of ether oxygens (including phenoxy) is 2. The molecule has 0 saturated carbocycles. The zero-order chi connectivity index (χ0) is 28.0. The second-order valence-electron chi connectivity index (χ2n) is 10.8. The SMILES string of the molecule is Cc1nn(C)c2nc(OCC[C@]34C[C@H](O)[C@](C)(O3)c3c4c(O)n(-c4ccc(C#N)c5ccccc45)c3O)ccc12. The van der Waals surface area contributed by atoms with Crippen LogP contribution in [0, 0.1) is 18.3 Å². The molecule has 2 aliphatic heterocycles. The molecule has 3 N–H and O–H groups in total. The topological polar surface area (TPSA) is 139 Å². The van der Waals surface area contributed by atoms with Gasteiger partial charge < -0.3 is 24.8 Å². The number of rotatable bonds is 5. The molecule has 3 aromatic heterocycles. The van der Waals surface area contributed by atoms with Crippen molar-refractivity contribution in [1.82, 2.24) is 19.3 Å². The third-order valence-electron chi connectivity index (χ3n) is 8.50. The van der Waals surface area contributed by atoms with E-state index in [9.17, 15) is 20.6 Å². The molecule has 7 rings (SSSR count). The number of aliphatic hydroxyl groups is 1. The van der Waals surface area contributed by atoms with Gasteiger partial charge in [0.1, 0.15) is 11.2 Å². The van der Waals surface area contributed by atoms with Crippen molar-refractivity contribution in [3.8, 4) is 29.4 Å². The Balaban J connectivity index is 1.28. The van der Waals surface area contributed by atoms with E-state index in [-0.39, 0.29) is 24.8 Å². The lowest BCUT2D eigenvalue weighted by Crippen LogP contribution is -2.33. The quantitative estimate of drug-likeness (QED) is 0.304. The van der Waals surface area contributed by atoms with Gasteiger partial charge in [-0.3, -0.25) is 9.25 Å². The molecule has 5 heterocycles. The molecule has 3 atom stereocenters. The Morgan fingerprint density at radius 1 is 1.07 bits per heavy atom. The first-order chi connectivity index (χ1) is 19.2. The van der Waals surface area contributed by atoms with E-state index in [1.165, 1.54) is 4.57 Å². The Hall–Kier alpha value is -4.59. The van der Waals surface area contributed by atoms with Crippen molar-refractivity contribution in [3.63, 3.8) is 0 Å². The lowest BCUT2D eigenvalue weighted by Gasteiger charge is -2.26. The van der Waals surface area contributed by atoms with Crippen LogP contribution in [0.15, 0.2) is 48.5 Å². The molecule has 1 saturated heterocycles. The number of aromatic nitrogens is 4. The average molecular weight is 538 g/mol. The highest BCUT2D eigenvalue weighted by atomic mass is 16.6. The maximum absolute atomic E-state index is 11.6. The van der Waals surface area contributed by atoms with E-state index in [2.05, 4.69) is 16.2 Å². The van der Waals surface area contributed by atoms with Gasteiger partial charge in [-0.15, -0.1) is 0 Å². The molecular formula is C30H27N5O5. The van der Waals surface area contributed by atoms with Crippen LogP contribution in [-0.2, 0) is 23.0 Å². The molecule has 10 heteroatoms. The fourth-order valence-corrected chi connectivity index (χ4v) is 6.61. The Bertz CT molecular complexity index is 1900. The largest absolute Gasteiger partial charge is 0.494 e. The van der Waals surface area contributed by atoms with Gasteiger partial charge in [-0.25, -0.2) is 0 Å². The fourth-order valence-electron chi connectivity index (χ4n) is 6.61. The summed E-state index contributed by atoms with van der Waals surface area (Å²) in [6.07, 6.45) is -0.355. The molecule has 10 nitrogen and oxygen atoms in total. The minimum absolute atomic E-state index is 0.164. The zero-order valence-electron chi connectivity index (χ0n) is 22.2. The molecular weight excluding hydrogens is 510 g/mol. The van der Waals surface area contributed by atoms with Crippen LogP contribution in [-0.4, -0.2) is 47.4 Å². The van der Waals surface area contributed by atoms with Crippen LogP contribution >= 0.6 is 0 Å². The van der Waals surface area contributed by atoms with Crippen LogP contribution in [0.1, 0.15) is 42.1 Å². The third-order valence-corrected chi connectivity index (χ3v) is 8.50. The summed E-state index contributed by atoms with van der Waals surface area (Å²) in [5.41, 5.74) is 1.13. The summed E-state index contributed by atoms with van der Waals surface area (Å²) in [6.45, 7) is 3.85. The van der Waals surface area contributed by atoms with Crippen molar-refractivity contribution in [2.75, 3.05) is 6.61 Å². The highest BCUT2D eigenvalue weighted by Crippen LogP contribution is 2.65. The highest BCUT2D eigenvalue weighted by molar-refractivity contribution is 5.95. The second kappa shape index (κ2) is 8.21. The van der Waals surface area contributed by atoms with Gasteiger partial charge in [0.2, 0.25) is 17.6 Å². The van der Waals surface area contributed by atoms with Gasteiger partial charge in [0.15, 0.2) is 5.65 Å². The monoisotopic (exact) mass is 537 g/mol. The molecule has 2 bridgehead atoms. The summed E-state index contributed by atoms with van der Waals surface area (Å²) in [4.78, 5) is 4.58. The van der Waals surface area contributed by atoms with Gasteiger partial charge in [0.05, 0.1) is 46.9 Å². The number of nitrogens with zero attached hydrogens (tertiary/aromatic N) is 5. The van der Waals surface area contributed by atoms with Gasteiger partial charge in [-0.1, -0.05) is 24.3 Å². The Morgan fingerprint density at radius 2 is 1.82 bits per heavy atom. The van der Waals surface area contributed by atoms with E-state index in [0.717, 1.165) is 11.1 Å². The third kappa shape index (κ3) is 3.10. The highest BCUT2D eigenvalue weighted by Gasteiger charge is 2.66. The zero-order valence-corrected chi connectivity index (χ0v) is 22.2. The van der Waals surface area contributed by atoms with Crippen LogP contribution in [0.5, 0.6) is 17.6 Å². The van der Waals surface area contributed by atoms with Gasteiger partial charge in [0, 0.05) is 42.1 Å². The minimum Gasteiger partial charge on any atom is -0.494 e. The smallest absolute Gasteiger partial charge is 0.215 e. The van der Waals surface area contributed by atoms with Crippen LogP contribution in [0.4, 0.5) is 0 Å². The van der Waals surface area contributed by atoms with Gasteiger partial charge in [-0.2, -0.15) is 15.3 Å². The molecule has 2 aliphatic rings. The first-order valence-electron chi connectivity index (χ1n) is 13.1.